The lowest BCUT2D eigenvalue weighted by Crippen LogP contribution is -2.29. The summed E-state index contributed by atoms with van der Waals surface area (Å²) < 4.78 is 26.2. The summed E-state index contributed by atoms with van der Waals surface area (Å²) in [5.41, 5.74) is 0. The molecule has 49 heavy (non-hydrogen) atoms. The van der Waals surface area contributed by atoms with E-state index in [1.54, 1.807) is 12.2 Å². The maximum absolute atomic E-state index is 12.7. The number of esters is 2. The van der Waals surface area contributed by atoms with E-state index in [1.165, 1.54) is 25.7 Å². The van der Waals surface area contributed by atoms with Crippen LogP contribution < -0.4 is 0 Å². The fraction of sp³-hybridized carbons (Fsp3) is 0.861. The van der Waals surface area contributed by atoms with Gasteiger partial charge in [-0.3, -0.25) is 18.9 Å². The number of aliphatic hydroxyl groups excluding tert-OH is 3. The van der Waals surface area contributed by atoms with Gasteiger partial charge in [-0.25, -0.2) is 4.57 Å². The van der Waals surface area contributed by atoms with Gasteiger partial charge in [-0.2, -0.15) is 0 Å². The Labute approximate surface area is 293 Å². The number of hydrogen-bond donors (Lipinski definition) is 5. The van der Waals surface area contributed by atoms with E-state index in [-0.39, 0.29) is 37.9 Å². The molecular formula is C36H65O12P. The molecule has 286 valence electrons. The van der Waals surface area contributed by atoms with Crippen molar-refractivity contribution in [3.8, 4) is 0 Å². The Morgan fingerprint density at radius 3 is 2.10 bits per heavy atom. The van der Waals surface area contributed by atoms with E-state index in [9.17, 15) is 34.3 Å². The van der Waals surface area contributed by atoms with Crippen molar-refractivity contribution >= 4 is 25.5 Å². The number of ether oxygens (including phenoxy) is 2. The second-order valence-electron chi connectivity index (χ2n) is 13.8. The highest BCUT2D eigenvalue weighted by molar-refractivity contribution is 7.46. The monoisotopic (exact) mass is 720 g/mol. The third-order valence-corrected chi connectivity index (χ3v) is 9.79. The number of hydrogen-bond acceptors (Lipinski definition) is 10. The quantitative estimate of drug-likeness (QED) is 0.0258. The number of rotatable bonds is 29. The first-order valence-electron chi connectivity index (χ1n) is 18.5. The minimum Gasteiger partial charge on any atom is -0.462 e. The lowest BCUT2D eigenvalue weighted by Gasteiger charge is -2.20. The largest absolute Gasteiger partial charge is 0.469 e. The van der Waals surface area contributed by atoms with Gasteiger partial charge in [0.1, 0.15) is 12.4 Å². The fourth-order valence-corrected chi connectivity index (χ4v) is 6.41. The van der Waals surface area contributed by atoms with Crippen LogP contribution in [0.25, 0.3) is 0 Å². The van der Waals surface area contributed by atoms with Crippen LogP contribution in [0.4, 0.5) is 0 Å². The third-order valence-electron chi connectivity index (χ3n) is 9.31. The molecule has 0 aromatic carbocycles. The first kappa shape index (κ1) is 45.4. The average Bonchev–Trinajstić information content (AvgIpc) is 3.30. The molecule has 1 fully saturated rings. The van der Waals surface area contributed by atoms with Gasteiger partial charge in [0.15, 0.2) is 6.10 Å². The summed E-state index contributed by atoms with van der Waals surface area (Å²) in [4.78, 5) is 55.5. The van der Waals surface area contributed by atoms with Crippen LogP contribution in [0.15, 0.2) is 12.2 Å². The van der Waals surface area contributed by atoms with Gasteiger partial charge in [0.25, 0.3) is 0 Å². The molecule has 0 aromatic heterocycles. The Hall–Kier alpha value is -1.66. The maximum Gasteiger partial charge on any atom is 0.469 e. The van der Waals surface area contributed by atoms with Gasteiger partial charge in [0, 0.05) is 43.9 Å². The molecule has 1 aliphatic carbocycles. The van der Waals surface area contributed by atoms with Crippen molar-refractivity contribution in [2.75, 3.05) is 13.2 Å². The van der Waals surface area contributed by atoms with Gasteiger partial charge < -0.3 is 34.6 Å². The molecule has 1 saturated carbocycles. The second-order valence-corrected chi connectivity index (χ2v) is 15.0. The second kappa shape index (κ2) is 26.2. The number of unbranched alkanes of at least 4 members (excludes halogenated alkanes) is 8. The molecule has 0 aromatic rings. The van der Waals surface area contributed by atoms with E-state index in [2.05, 4.69) is 25.3 Å². The van der Waals surface area contributed by atoms with Gasteiger partial charge in [-0.05, 0) is 31.6 Å². The number of Topliss-reactive ketones (excluding diaryl/α,β-unsaturated/α-hetero) is 1. The summed E-state index contributed by atoms with van der Waals surface area (Å²) in [5.74, 6) is -1.44. The van der Waals surface area contributed by atoms with Gasteiger partial charge in [0.2, 0.25) is 0 Å². The predicted molar refractivity (Wildman–Crippen MR) is 186 cm³/mol. The minimum absolute atomic E-state index is 0.0646. The fourth-order valence-electron chi connectivity index (χ4n) is 6.05. The van der Waals surface area contributed by atoms with Crippen LogP contribution in [0.3, 0.4) is 0 Å². The smallest absolute Gasteiger partial charge is 0.462 e. The molecule has 0 radical (unpaired) electrons. The van der Waals surface area contributed by atoms with Crippen LogP contribution in [-0.4, -0.2) is 80.5 Å². The highest BCUT2D eigenvalue weighted by Gasteiger charge is 2.41. The molecule has 0 bridgehead atoms. The Balaban J connectivity index is 2.42. The topological polar surface area (TPSA) is 197 Å². The Morgan fingerprint density at radius 2 is 1.43 bits per heavy atom. The average molecular weight is 721 g/mol. The summed E-state index contributed by atoms with van der Waals surface area (Å²) in [6.07, 6.45) is 13.1. The van der Waals surface area contributed by atoms with Crippen LogP contribution in [0.2, 0.25) is 0 Å². The molecule has 0 aliphatic heterocycles. The molecule has 1 unspecified atom stereocenters. The standard InChI is InChI=1S/C36H65O12P/c1-4-6-11-17-28(37)21-22-31-32(34(40)24-33(31)39)23-29(38)18-14-15-20-36(42)48-30(26-47-49(43,44)45)25-46-35(41)19-13-10-8-7-9-12-16-27(3)5-2/h21-22,27-28,30-34,37,39-40H,4-20,23-26H2,1-3H3,(H2,43,44,45)/b22-21+/t27?,28-,30+,31+,32+,33+,34-/m0/s1. The Kier molecular flexibility index (Phi) is 24.2. The summed E-state index contributed by atoms with van der Waals surface area (Å²) in [7, 11) is -4.85. The van der Waals surface area contributed by atoms with Crippen molar-refractivity contribution in [3.63, 3.8) is 0 Å². The number of aliphatic hydroxyl groups is 3. The lowest BCUT2D eigenvalue weighted by atomic mass is 9.87. The van der Waals surface area contributed by atoms with Gasteiger partial charge in [0.05, 0.1) is 24.9 Å². The van der Waals surface area contributed by atoms with E-state index in [0.29, 0.717) is 25.7 Å². The normalized spacial score (nSPS) is 21.5. The van der Waals surface area contributed by atoms with Crippen LogP contribution in [-0.2, 0) is 32.9 Å². The molecule has 13 heteroatoms. The number of ketones is 1. The SMILES string of the molecule is CCCCC[C@H](O)/C=C/[C@@H]1[C@@H](CC(=O)CCCCC(=O)O[C@H](COC(=O)CCCCCCCCC(C)CC)COP(=O)(O)O)[C@@H](O)C[C@H]1O. The van der Waals surface area contributed by atoms with Gasteiger partial charge in [-0.15, -0.1) is 0 Å². The molecule has 5 N–H and O–H groups in total. The van der Waals surface area contributed by atoms with Crippen LogP contribution in [0.1, 0.15) is 143 Å². The van der Waals surface area contributed by atoms with Gasteiger partial charge in [-0.1, -0.05) is 97.1 Å². The van der Waals surface area contributed by atoms with E-state index >= 15 is 0 Å². The third kappa shape index (κ3) is 22.7. The van der Waals surface area contributed by atoms with Crippen molar-refractivity contribution < 1.29 is 58.1 Å². The van der Waals surface area contributed by atoms with Crippen molar-refractivity contribution in [2.45, 2.75) is 167 Å². The number of carbonyl (C=O) groups excluding carboxylic acids is 3. The van der Waals surface area contributed by atoms with Crippen LogP contribution >= 0.6 is 7.82 Å². The van der Waals surface area contributed by atoms with Crippen molar-refractivity contribution in [2.24, 2.45) is 17.8 Å². The first-order chi connectivity index (χ1) is 23.2. The highest BCUT2D eigenvalue weighted by Crippen LogP contribution is 2.37. The summed E-state index contributed by atoms with van der Waals surface area (Å²) >= 11 is 0. The van der Waals surface area contributed by atoms with E-state index in [0.717, 1.165) is 44.4 Å². The Morgan fingerprint density at radius 1 is 0.816 bits per heavy atom. The molecule has 0 amide bonds. The van der Waals surface area contributed by atoms with Crippen molar-refractivity contribution in [1.82, 2.24) is 0 Å². The molecule has 0 spiro atoms. The highest BCUT2D eigenvalue weighted by atomic mass is 31.2. The molecule has 0 heterocycles. The lowest BCUT2D eigenvalue weighted by molar-refractivity contribution is -0.161. The van der Waals surface area contributed by atoms with Crippen molar-refractivity contribution in [1.29, 1.82) is 0 Å². The van der Waals surface area contributed by atoms with E-state index in [4.69, 9.17) is 19.3 Å². The molecule has 0 saturated heterocycles. The number of phosphoric ester groups is 1. The van der Waals surface area contributed by atoms with E-state index in [1.807, 2.05) is 0 Å². The Bertz CT molecular complexity index is 999. The van der Waals surface area contributed by atoms with Crippen molar-refractivity contribution in [3.05, 3.63) is 12.2 Å². The molecule has 12 nitrogen and oxygen atoms in total. The zero-order chi connectivity index (χ0) is 36.7. The maximum atomic E-state index is 12.7. The zero-order valence-corrected chi connectivity index (χ0v) is 31.0. The molecule has 1 rings (SSSR count). The predicted octanol–water partition coefficient (Wildman–Crippen LogP) is 6.09. The summed E-state index contributed by atoms with van der Waals surface area (Å²) in [5, 5.41) is 31.1. The molecular weight excluding hydrogens is 655 g/mol. The zero-order valence-electron chi connectivity index (χ0n) is 30.1. The number of phosphoric acid groups is 1. The van der Waals surface area contributed by atoms with Crippen LogP contribution in [0, 0.1) is 17.8 Å². The van der Waals surface area contributed by atoms with Gasteiger partial charge >= 0.3 is 19.8 Å². The molecule has 1 aliphatic rings. The first-order valence-corrected chi connectivity index (χ1v) is 20.1. The minimum atomic E-state index is -4.85. The summed E-state index contributed by atoms with van der Waals surface area (Å²) in [6.45, 7) is 5.49. The molecule has 7 atom stereocenters. The van der Waals surface area contributed by atoms with Crippen LogP contribution in [0.5, 0.6) is 0 Å². The number of carbonyl (C=O) groups is 3. The summed E-state index contributed by atoms with van der Waals surface area (Å²) in [6, 6.07) is 0. The van der Waals surface area contributed by atoms with E-state index < -0.39 is 69.2 Å².